The number of likely N-dealkylation sites (tertiary alicyclic amines) is 1. The van der Waals surface area contributed by atoms with E-state index in [4.69, 9.17) is 5.11 Å². The summed E-state index contributed by atoms with van der Waals surface area (Å²) >= 11 is 0. The monoisotopic (exact) mass is 376 g/mol. The van der Waals surface area contributed by atoms with Crippen molar-refractivity contribution in [3.63, 3.8) is 0 Å². The van der Waals surface area contributed by atoms with Gasteiger partial charge in [0.05, 0.1) is 16.9 Å². The first-order valence-electron chi connectivity index (χ1n) is 8.32. The van der Waals surface area contributed by atoms with E-state index in [9.17, 15) is 18.0 Å². The van der Waals surface area contributed by atoms with Crippen LogP contribution in [0.3, 0.4) is 0 Å². The summed E-state index contributed by atoms with van der Waals surface area (Å²) in [4.78, 5) is 25.3. The van der Waals surface area contributed by atoms with Crippen molar-refractivity contribution in [3.05, 3.63) is 53.9 Å². The van der Waals surface area contributed by atoms with Gasteiger partial charge < -0.3 is 10.0 Å². The second-order valence-electron chi connectivity index (χ2n) is 6.44. The average molecular weight is 376 g/mol. The van der Waals surface area contributed by atoms with Gasteiger partial charge in [-0.1, -0.05) is 17.7 Å². The molecule has 8 heteroatoms. The lowest BCUT2D eigenvalue weighted by atomic mass is 10.1. The minimum Gasteiger partial charge on any atom is -0.481 e. The van der Waals surface area contributed by atoms with Crippen molar-refractivity contribution in [2.75, 3.05) is 6.54 Å². The Morgan fingerprint density at radius 3 is 2.54 bits per heavy atom. The fraction of sp³-hybridized carbons (Fsp3) is 0.333. The van der Waals surface area contributed by atoms with E-state index in [1.807, 2.05) is 6.92 Å². The van der Waals surface area contributed by atoms with Crippen molar-refractivity contribution in [2.45, 2.75) is 37.1 Å². The van der Waals surface area contributed by atoms with Gasteiger partial charge in [-0.25, -0.2) is 12.4 Å². The number of hydrogen-bond acceptors (Lipinski definition) is 4. The lowest BCUT2D eigenvalue weighted by Crippen LogP contribution is -2.36. The maximum atomic E-state index is 12.7. The van der Waals surface area contributed by atoms with E-state index in [0.717, 1.165) is 16.0 Å². The summed E-state index contributed by atoms with van der Waals surface area (Å²) in [5.41, 5.74) is 1.18. The Morgan fingerprint density at radius 2 is 1.88 bits per heavy atom. The SMILES string of the molecule is Cc1ccc(S(=O)(=O)n2ccc(C(=O)N3CCCC3CC(=O)O)c2)cc1. The zero-order valence-corrected chi connectivity index (χ0v) is 15.1. The van der Waals surface area contributed by atoms with Gasteiger partial charge in [0.1, 0.15) is 0 Å². The summed E-state index contributed by atoms with van der Waals surface area (Å²) in [6.07, 6.45) is 3.90. The molecule has 1 saturated heterocycles. The minimum absolute atomic E-state index is 0.103. The summed E-state index contributed by atoms with van der Waals surface area (Å²) < 4.78 is 26.4. The summed E-state index contributed by atoms with van der Waals surface area (Å²) in [5, 5.41) is 8.98. The molecule has 1 aromatic heterocycles. The molecule has 0 aliphatic carbocycles. The van der Waals surface area contributed by atoms with Crippen LogP contribution < -0.4 is 0 Å². The summed E-state index contributed by atoms with van der Waals surface area (Å²) in [6, 6.07) is 7.57. The molecule has 0 saturated carbocycles. The predicted octanol–water partition coefficient (Wildman–Crippen LogP) is 2.11. The molecule has 0 bridgehead atoms. The smallest absolute Gasteiger partial charge is 0.305 e. The molecule has 1 unspecified atom stereocenters. The van der Waals surface area contributed by atoms with E-state index in [1.54, 1.807) is 12.1 Å². The van der Waals surface area contributed by atoms with Crippen LogP contribution in [0.15, 0.2) is 47.6 Å². The molecule has 1 aliphatic rings. The number of amides is 1. The summed E-state index contributed by atoms with van der Waals surface area (Å²) in [5.74, 6) is -1.29. The number of carboxylic acid groups (broad SMARTS) is 1. The van der Waals surface area contributed by atoms with Crippen molar-refractivity contribution >= 4 is 21.9 Å². The fourth-order valence-electron chi connectivity index (χ4n) is 3.17. The molecular formula is C18H20N2O5S. The van der Waals surface area contributed by atoms with Gasteiger partial charge in [-0.2, -0.15) is 0 Å². The normalized spacial score (nSPS) is 17.4. The molecule has 7 nitrogen and oxygen atoms in total. The van der Waals surface area contributed by atoms with Crippen molar-refractivity contribution in [3.8, 4) is 0 Å². The van der Waals surface area contributed by atoms with Gasteiger partial charge in [-0.3, -0.25) is 9.59 Å². The summed E-state index contributed by atoms with van der Waals surface area (Å²) in [6.45, 7) is 2.35. The van der Waals surface area contributed by atoms with E-state index in [1.165, 1.54) is 35.5 Å². The van der Waals surface area contributed by atoms with Crippen LogP contribution in [-0.4, -0.2) is 46.9 Å². The van der Waals surface area contributed by atoms with E-state index in [-0.39, 0.29) is 28.8 Å². The average Bonchev–Trinajstić information content (AvgIpc) is 3.23. The van der Waals surface area contributed by atoms with E-state index >= 15 is 0 Å². The van der Waals surface area contributed by atoms with Crippen LogP contribution in [0.4, 0.5) is 0 Å². The highest BCUT2D eigenvalue weighted by atomic mass is 32.2. The number of carbonyl (C=O) groups excluding carboxylic acids is 1. The predicted molar refractivity (Wildman–Crippen MR) is 94.5 cm³/mol. The quantitative estimate of drug-likeness (QED) is 0.862. The Morgan fingerprint density at radius 1 is 1.19 bits per heavy atom. The van der Waals surface area contributed by atoms with Crippen molar-refractivity contribution < 1.29 is 23.1 Å². The Bertz CT molecular complexity index is 931. The van der Waals surface area contributed by atoms with Gasteiger partial charge in [0, 0.05) is 25.0 Å². The van der Waals surface area contributed by atoms with Gasteiger partial charge in [-0.05, 0) is 38.0 Å². The third kappa shape index (κ3) is 3.50. The zero-order chi connectivity index (χ0) is 18.9. The standard InChI is InChI=1S/C18H20N2O5S/c1-13-4-6-16(7-5-13)26(24,25)19-10-8-14(12-19)18(23)20-9-2-3-15(20)11-17(21)22/h4-8,10,12,15H,2-3,9,11H2,1H3,(H,21,22). The molecule has 1 aliphatic heterocycles. The fourth-order valence-corrected chi connectivity index (χ4v) is 4.36. The van der Waals surface area contributed by atoms with Crippen LogP contribution in [0.5, 0.6) is 0 Å². The second kappa shape index (κ2) is 6.95. The molecule has 1 fully saturated rings. The molecule has 26 heavy (non-hydrogen) atoms. The molecule has 1 amide bonds. The third-order valence-electron chi connectivity index (χ3n) is 4.56. The highest BCUT2D eigenvalue weighted by Crippen LogP contribution is 2.23. The number of aryl methyl sites for hydroxylation is 1. The maximum absolute atomic E-state index is 12.7. The number of aliphatic carboxylic acids is 1. The lowest BCUT2D eigenvalue weighted by Gasteiger charge is -2.22. The highest BCUT2D eigenvalue weighted by molar-refractivity contribution is 7.90. The lowest BCUT2D eigenvalue weighted by molar-refractivity contribution is -0.137. The molecule has 138 valence electrons. The summed E-state index contributed by atoms with van der Waals surface area (Å²) in [7, 11) is -3.77. The molecule has 3 rings (SSSR count). The number of carbonyl (C=O) groups is 2. The maximum Gasteiger partial charge on any atom is 0.305 e. The van der Waals surface area contributed by atoms with E-state index in [2.05, 4.69) is 0 Å². The first-order valence-corrected chi connectivity index (χ1v) is 9.76. The molecule has 0 spiro atoms. The highest BCUT2D eigenvalue weighted by Gasteiger charge is 2.31. The molecule has 0 radical (unpaired) electrons. The van der Waals surface area contributed by atoms with Crippen molar-refractivity contribution in [1.29, 1.82) is 0 Å². The van der Waals surface area contributed by atoms with Crippen LogP contribution >= 0.6 is 0 Å². The van der Waals surface area contributed by atoms with Crippen LogP contribution in [0.25, 0.3) is 0 Å². The van der Waals surface area contributed by atoms with Crippen LogP contribution in [0.2, 0.25) is 0 Å². The van der Waals surface area contributed by atoms with Gasteiger partial charge in [0.15, 0.2) is 0 Å². The molecule has 2 aromatic rings. The number of rotatable bonds is 5. The van der Waals surface area contributed by atoms with Gasteiger partial charge in [-0.15, -0.1) is 0 Å². The molecular weight excluding hydrogens is 356 g/mol. The Kier molecular flexibility index (Phi) is 4.86. The minimum atomic E-state index is -3.77. The number of benzene rings is 1. The Balaban J connectivity index is 1.84. The molecule has 1 N–H and O–H groups in total. The largest absolute Gasteiger partial charge is 0.481 e. The van der Waals surface area contributed by atoms with Crippen molar-refractivity contribution in [1.82, 2.24) is 8.87 Å². The number of aromatic nitrogens is 1. The Hall–Kier alpha value is -2.61. The van der Waals surface area contributed by atoms with Crippen LogP contribution in [0.1, 0.15) is 35.2 Å². The molecule has 1 aromatic carbocycles. The van der Waals surface area contributed by atoms with Crippen LogP contribution in [-0.2, 0) is 14.8 Å². The van der Waals surface area contributed by atoms with Gasteiger partial charge in [0.25, 0.3) is 15.9 Å². The van der Waals surface area contributed by atoms with Gasteiger partial charge in [0.2, 0.25) is 0 Å². The zero-order valence-electron chi connectivity index (χ0n) is 14.3. The number of nitrogens with zero attached hydrogens (tertiary/aromatic N) is 2. The van der Waals surface area contributed by atoms with E-state index in [0.29, 0.717) is 13.0 Å². The Labute approximate surface area is 151 Å². The molecule has 2 heterocycles. The second-order valence-corrected chi connectivity index (χ2v) is 8.28. The number of carboxylic acids is 1. The van der Waals surface area contributed by atoms with Crippen molar-refractivity contribution in [2.24, 2.45) is 0 Å². The molecule has 1 atom stereocenters. The van der Waals surface area contributed by atoms with Crippen LogP contribution in [0, 0.1) is 6.92 Å². The number of hydrogen-bond donors (Lipinski definition) is 1. The van der Waals surface area contributed by atoms with Gasteiger partial charge >= 0.3 is 5.97 Å². The first kappa shape index (κ1) is 18.2. The first-order chi connectivity index (χ1) is 12.3. The topological polar surface area (TPSA) is 96.7 Å². The van der Waals surface area contributed by atoms with E-state index < -0.39 is 16.0 Å². The third-order valence-corrected chi connectivity index (χ3v) is 6.21.